The molecule has 2 unspecified atom stereocenters. The number of rotatable bonds is 7. The summed E-state index contributed by atoms with van der Waals surface area (Å²) in [6.45, 7) is 5.59. The third kappa shape index (κ3) is 6.40. The van der Waals surface area contributed by atoms with Crippen LogP contribution in [-0.2, 0) is 14.3 Å². The highest BCUT2D eigenvalue weighted by Crippen LogP contribution is 2.06. The number of methoxy groups -OCH3 is 1. The van der Waals surface area contributed by atoms with Gasteiger partial charge in [-0.3, -0.25) is 4.79 Å². The van der Waals surface area contributed by atoms with Crippen LogP contribution in [0.4, 0.5) is 0 Å². The van der Waals surface area contributed by atoms with Gasteiger partial charge in [-0.2, -0.15) is 0 Å². The first-order valence-corrected chi connectivity index (χ1v) is 5.41. The minimum absolute atomic E-state index is 0.179. The van der Waals surface area contributed by atoms with E-state index in [1.54, 1.807) is 6.92 Å². The van der Waals surface area contributed by atoms with Gasteiger partial charge in [-0.25, -0.2) is 4.79 Å². The molecule has 2 atom stereocenters. The largest absolute Gasteiger partial charge is 0.480 e. The Morgan fingerprint density at radius 1 is 1.31 bits per heavy atom. The number of amides is 1. The predicted molar refractivity (Wildman–Crippen MR) is 60.1 cm³/mol. The fraction of sp³-hybridized carbons (Fsp3) is 0.818. The number of ether oxygens (including phenoxy) is 1. The summed E-state index contributed by atoms with van der Waals surface area (Å²) in [7, 11) is 1.51. The van der Waals surface area contributed by atoms with E-state index in [1.807, 2.05) is 13.8 Å². The second-order valence-corrected chi connectivity index (χ2v) is 4.34. The molecule has 5 heteroatoms. The Morgan fingerprint density at radius 2 is 1.88 bits per heavy atom. The Balaban J connectivity index is 4.18. The maximum absolute atomic E-state index is 11.5. The lowest BCUT2D eigenvalue weighted by molar-refractivity contribution is -0.142. The summed E-state index contributed by atoms with van der Waals surface area (Å²) in [5.41, 5.74) is 0. The van der Waals surface area contributed by atoms with Gasteiger partial charge in [0.2, 0.25) is 5.91 Å². The summed E-state index contributed by atoms with van der Waals surface area (Å²) < 4.78 is 4.94. The van der Waals surface area contributed by atoms with Crippen LogP contribution in [0.5, 0.6) is 0 Å². The molecular weight excluding hydrogens is 210 g/mol. The lowest BCUT2D eigenvalue weighted by atomic mass is 10.0. The minimum Gasteiger partial charge on any atom is -0.480 e. The Labute approximate surface area is 96.2 Å². The molecule has 0 aliphatic carbocycles. The summed E-state index contributed by atoms with van der Waals surface area (Å²) in [5.74, 6) is -1.06. The molecule has 2 N–H and O–H groups in total. The van der Waals surface area contributed by atoms with Gasteiger partial charge in [0.05, 0.1) is 12.5 Å². The Kier molecular flexibility index (Phi) is 6.72. The first kappa shape index (κ1) is 14.9. The topological polar surface area (TPSA) is 75.6 Å². The minimum atomic E-state index is -0.993. The number of carboxylic acids is 1. The first-order valence-electron chi connectivity index (χ1n) is 5.41. The molecule has 0 radical (unpaired) electrons. The molecule has 0 aromatic rings. The number of nitrogens with one attached hydrogen (secondary N) is 1. The van der Waals surface area contributed by atoms with Crippen molar-refractivity contribution in [1.29, 1.82) is 0 Å². The zero-order valence-corrected chi connectivity index (χ0v) is 10.3. The standard InChI is InChI=1S/C11H21NO4/c1-7(2)5-9(11(14)15)12-10(13)6-8(3)16-4/h7-9H,5-6H2,1-4H3,(H,12,13)(H,14,15). The maximum Gasteiger partial charge on any atom is 0.326 e. The summed E-state index contributed by atoms with van der Waals surface area (Å²) >= 11 is 0. The highest BCUT2D eigenvalue weighted by molar-refractivity contribution is 5.83. The molecule has 0 heterocycles. The van der Waals surface area contributed by atoms with Gasteiger partial charge in [-0.05, 0) is 19.3 Å². The smallest absolute Gasteiger partial charge is 0.326 e. The van der Waals surface area contributed by atoms with Crippen molar-refractivity contribution < 1.29 is 19.4 Å². The van der Waals surface area contributed by atoms with Gasteiger partial charge in [0.1, 0.15) is 6.04 Å². The molecule has 5 nitrogen and oxygen atoms in total. The molecule has 0 saturated heterocycles. The molecule has 0 spiro atoms. The highest BCUT2D eigenvalue weighted by Gasteiger charge is 2.21. The average molecular weight is 231 g/mol. The van der Waals surface area contributed by atoms with Crippen LogP contribution in [0.25, 0.3) is 0 Å². The van der Waals surface area contributed by atoms with E-state index < -0.39 is 12.0 Å². The van der Waals surface area contributed by atoms with E-state index in [0.29, 0.717) is 6.42 Å². The van der Waals surface area contributed by atoms with E-state index >= 15 is 0 Å². The van der Waals surface area contributed by atoms with Crippen molar-refractivity contribution >= 4 is 11.9 Å². The SMILES string of the molecule is COC(C)CC(=O)NC(CC(C)C)C(=O)O. The van der Waals surface area contributed by atoms with Gasteiger partial charge in [-0.1, -0.05) is 13.8 Å². The number of aliphatic carboxylic acids is 1. The van der Waals surface area contributed by atoms with Crippen molar-refractivity contribution in [1.82, 2.24) is 5.32 Å². The number of carbonyl (C=O) groups excluding carboxylic acids is 1. The summed E-state index contributed by atoms with van der Waals surface area (Å²) in [4.78, 5) is 22.3. The van der Waals surface area contributed by atoms with Crippen LogP contribution in [0, 0.1) is 5.92 Å². The lowest BCUT2D eigenvalue weighted by Gasteiger charge is -2.17. The monoisotopic (exact) mass is 231 g/mol. The van der Waals surface area contributed by atoms with Crippen molar-refractivity contribution in [2.24, 2.45) is 5.92 Å². The van der Waals surface area contributed by atoms with Crippen LogP contribution in [0.1, 0.15) is 33.6 Å². The van der Waals surface area contributed by atoms with E-state index in [4.69, 9.17) is 9.84 Å². The third-order valence-electron chi connectivity index (χ3n) is 2.22. The van der Waals surface area contributed by atoms with E-state index in [0.717, 1.165) is 0 Å². The molecule has 0 fully saturated rings. The van der Waals surface area contributed by atoms with E-state index in [2.05, 4.69) is 5.32 Å². The molecule has 0 aromatic heterocycles. The van der Waals surface area contributed by atoms with Crippen LogP contribution >= 0.6 is 0 Å². The molecule has 0 aliphatic rings. The normalized spacial score (nSPS) is 14.6. The summed E-state index contributed by atoms with van der Waals surface area (Å²) in [5, 5.41) is 11.4. The summed E-state index contributed by atoms with van der Waals surface area (Å²) in [6, 6.07) is -0.809. The predicted octanol–water partition coefficient (Wildman–Crippen LogP) is 1.03. The Morgan fingerprint density at radius 3 is 2.25 bits per heavy atom. The third-order valence-corrected chi connectivity index (χ3v) is 2.22. The van der Waals surface area contributed by atoms with Crippen LogP contribution in [0.2, 0.25) is 0 Å². The van der Waals surface area contributed by atoms with Crippen molar-refractivity contribution in [3.05, 3.63) is 0 Å². The second-order valence-electron chi connectivity index (χ2n) is 4.34. The quantitative estimate of drug-likeness (QED) is 0.686. The lowest BCUT2D eigenvalue weighted by Crippen LogP contribution is -2.42. The van der Waals surface area contributed by atoms with Crippen molar-refractivity contribution in [2.75, 3.05) is 7.11 Å². The van der Waals surface area contributed by atoms with Gasteiger partial charge in [-0.15, -0.1) is 0 Å². The van der Waals surface area contributed by atoms with Crippen LogP contribution in [0.15, 0.2) is 0 Å². The molecule has 0 rings (SSSR count). The van der Waals surface area contributed by atoms with Gasteiger partial charge >= 0.3 is 5.97 Å². The zero-order chi connectivity index (χ0) is 12.7. The van der Waals surface area contributed by atoms with E-state index in [-0.39, 0.29) is 24.3 Å². The molecule has 16 heavy (non-hydrogen) atoms. The molecule has 0 saturated carbocycles. The van der Waals surface area contributed by atoms with E-state index in [9.17, 15) is 9.59 Å². The zero-order valence-electron chi connectivity index (χ0n) is 10.3. The molecule has 1 amide bonds. The van der Waals surface area contributed by atoms with Crippen LogP contribution in [0.3, 0.4) is 0 Å². The molecule has 0 aliphatic heterocycles. The van der Waals surface area contributed by atoms with Crippen molar-refractivity contribution in [3.8, 4) is 0 Å². The molecule has 0 aromatic carbocycles. The molecule has 0 bridgehead atoms. The Bertz CT molecular complexity index is 240. The fourth-order valence-electron chi connectivity index (χ4n) is 1.29. The van der Waals surface area contributed by atoms with Crippen LogP contribution < -0.4 is 5.32 Å². The Hall–Kier alpha value is -1.10. The number of carboxylic acid groups (broad SMARTS) is 1. The maximum atomic E-state index is 11.5. The number of hydrogen-bond acceptors (Lipinski definition) is 3. The number of carbonyl (C=O) groups is 2. The fourth-order valence-corrected chi connectivity index (χ4v) is 1.29. The molecular formula is C11H21NO4. The van der Waals surface area contributed by atoms with Gasteiger partial charge < -0.3 is 15.2 Å². The number of hydrogen-bond donors (Lipinski definition) is 2. The van der Waals surface area contributed by atoms with Gasteiger partial charge in [0, 0.05) is 7.11 Å². The molecule has 94 valence electrons. The summed E-state index contributed by atoms with van der Waals surface area (Å²) in [6.07, 6.45) is 0.411. The van der Waals surface area contributed by atoms with Crippen LogP contribution in [-0.4, -0.2) is 36.2 Å². The van der Waals surface area contributed by atoms with E-state index in [1.165, 1.54) is 7.11 Å². The van der Waals surface area contributed by atoms with Gasteiger partial charge in [0.25, 0.3) is 0 Å². The van der Waals surface area contributed by atoms with Crippen molar-refractivity contribution in [2.45, 2.75) is 45.8 Å². The second kappa shape index (κ2) is 7.22. The average Bonchev–Trinajstić information content (AvgIpc) is 2.15. The van der Waals surface area contributed by atoms with Gasteiger partial charge in [0.15, 0.2) is 0 Å². The first-order chi connectivity index (χ1) is 7.36. The highest BCUT2D eigenvalue weighted by atomic mass is 16.5. The van der Waals surface area contributed by atoms with Crippen molar-refractivity contribution in [3.63, 3.8) is 0 Å².